The summed E-state index contributed by atoms with van der Waals surface area (Å²) in [7, 11) is 0. The predicted octanol–water partition coefficient (Wildman–Crippen LogP) is 7.10. The number of fused-ring (bicyclic) bond motifs is 4. The van der Waals surface area contributed by atoms with Gasteiger partial charge >= 0.3 is 5.97 Å². The van der Waals surface area contributed by atoms with Crippen LogP contribution in [-0.4, -0.2) is 17.7 Å². The lowest BCUT2D eigenvalue weighted by atomic mass is 9.77. The van der Waals surface area contributed by atoms with Crippen LogP contribution in [0.1, 0.15) is 18.1 Å². The summed E-state index contributed by atoms with van der Waals surface area (Å²) in [5, 5.41) is 20.0. The van der Waals surface area contributed by atoms with Crippen LogP contribution in [0.25, 0.3) is 43.1 Å². The van der Waals surface area contributed by atoms with Gasteiger partial charge in [0.15, 0.2) is 0 Å². The van der Waals surface area contributed by atoms with Gasteiger partial charge in [-0.25, -0.2) is 4.79 Å². The second-order valence-electron chi connectivity index (χ2n) is 8.82. The average molecular weight is 457 g/mol. The molecule has 0 aliphatic heterocycles. The highest BCUT2D eigenvalue weighted by atomic mass is 16.5. The molecule has 0 amide bonds. The number of carbonyl (C=O) groups excluding carboxylic acids is 1. The molecule has 6 aromatic rings. The molecule has 1 N–H and O–H groups in total. The zero-order valence-electron chi connectivity index (χ0n) is 19.4. The Bertz CT molecular complexity index is 1520. The fourth-order valence-electron chi connectivity index (χ4n) is 5.37. The minimum atomic E-state index is -2.04. The largest absolute Gasteiger partial charge is 0.463 e. The molecule has 0 aliphatic rings. The van der Waals surface area contributed by atoms with Crippen LogP contribution >= 0.6 is 0 Å². The zero-order valence-corrected chi connectivity index (χ0v) is 19.4. The third kappa shape index (κ3) is 3.20. The van der Waals surface area contributed by atoms with Crippen LogP contribution in [0.2, 0.25) is 0 Å². The van der Waals surface area contributed by atoms with Crippen LogP contribution < -0.4 is 0 Å². The van der Waals surface area contributed by atoms with E-state index in [2.05, 4.69) is 12.1 Å². The molecule has 0 heterocycles. The number of hydrogen-bond acceptors (Lipinski definition) is 3. The van der Waals surface area contributed by atoms with Gasteiger partial charge < -0.3 is 9.84 Å². The van der Waals surface area contributed by atoms with E-state index >= 15 is 0 Å². The third-order valence-corrected chi connectivity index (χ3v) is 6.84. The molecule has 0 saturated heterocycles. The molecule has 3 nitrogen and oxygen atoms in total. The van der Waals surface area contributed by atoms with E-state index in [1.165, 1.54) is 0 Å². The van der Waals surface area contributed by atoms with E-state index in [0.29, 0.717) is 11.1 Å². The monoisotopic (exact) mass is 456 g/mol. The van der Waals surface area contributed by atoms with Crippen molar-refractivity contribution in [3.63, 3.8) is 0 Å². The van der Waals surface area contributed by atoms with Crippen molar-refractivity contribution in [1.82, 2.24) is 0 Å². The lowest BCUT2D eigenvalue weighted by Gasteiger charge is -2.31. The summed E-state index contributed by atoms with van der Waals surface area (Å²) in [4.78, 5) is 14.0. The van der Waals surface area contributed by atoms with Gasteiger partial charge in [0.1, 0.15) is 0 Å². The predicted molar refractivity (Wildman–Crippen MR) is 143 cm³/mol. The highest BCUT2D eigenvalue weighted by Crippen LogP contribution is 2.45. The Morgan fingerprint density at radius 2 is 0.943 bits per heavy atom. The van der Waals surface area contributed by atoms with Gasteiger partial charge in [-0.2, -0.15) is 0 Å². The van der Waals surface area contributed by atoms with Crippen LogP contribution in [0.5, 0.6) is 0 Å². The summed E-state index contributed by atoms with van der Waals surface area (Å²) in [6.45, 7) is 1.92. The number of benzene rings is 6. The van der Waals surface area contributed by atoms with Gasteiger partial charge in [0.2, 0.25) is 5.60 Å². The smallest absolute Gasteiger partial charge is 0.347 e. The third-order valence-electron chi connectivity index (χ3n) is 6.84. The van der Waals surface area contributed by atoms with Crippen LogP contribution in [0.4, 0.5) is 0 Å². The normalized spacial score (nSPS) is 11.9. The van der Waals surface area contributed by atoms with E-state index in [-0.39, 0.29) is 6.61 Å². The average Bonchev–Trinajstić information content (AvgIpc) is 2.90. The van der Waals surface area contributed by atoms with Gasteiger partial charge in [-0.3, -0.25) is 0 Å². The molecule has 35 heavy (non-hydrogen) atoms. The lowest BCUT2D eigenvalue weighted by molar-refractivity contribution is -0.161. The summed E-state index contributed by atoms with van der Waals surface area (Å²) in [6, 6.07) is 35.7. The molecule has 0 aliphatic carbocycles. The van der Waals surface area contributed by atoms with Crippen LogP contribution in [-0.2, 0) is 15.1 Å². The maximum Gasteiger partial charge on any atom is 0.347 e. The second kappa shape index (κ2) is 8.23. The van der Waals surface area contributed by atoms with E-state index in [4.69, 9.17) is 4.74 Å². The van der Waals surface area contributed by atoms with Crippen LogP contribution in [0.15, 0.2) is 109 Å². The molecule has 0 fully saturated rings. The van der Waals surface area contributed by atoms with Crippen LogP contribution in [0, 0.1) is 0 Å². The molecule has 6 aromatic carbocycles. The Kier molecular flexibility index (Phi) is 5.01. The number of hydrogen-bond donors (Lipinski definition) is 1. The van der Waals surface area contributed by atoms with Crippen molar-refractivity contribution in [3.05, 3.63) is 120 Å². The number of rotatable bonds is 4. The number of esters is 1. The Labute approximate surface area is 203 Å². The Balaban J connectivity index is 1.88. The zero-order chi connectivity index (χ0) is 24.0. The molecule has 0 aromatic heterocycles. The Morgan fingerprint density at radius 1 is 0.629 bits per heavy atom. The minimum absolute atomic E-state index is 0.159. The molecule has 0 unspecified atom stereocenters. The van der Waals surface area contributed by atoms with E-state index in [1.807, 2.05) is 97.1 Å². The maximum atomic E-state index is 14.0. The molecular formula is C32H24O3. The molecule has 3 heteroatoms. The van der Waals surface area contributed by atoms with Crippen molar-refractivity contribution in [1.29, 1.82) is 0 Å². The van der Waals surface area contributed by atoms with Crippen molar-refractivity contribution >= 4 is 49.1 Å². The fraction of sp³-hybridized carbons (Fsp3) is 0.0938. The van der Waals surface area contributed by atoms with Crippen molar-refractivity contribution in [2.75, 3.05) is 6.61 Å². The first-order chi connectivity index (χ1) is 17.1. The summed E-state index contributed by atoms with van der Waals surface area (Å²) in [6.07, 6.45) is 0. The summed E-state index contributed by atoms with van der Waals surface area (Å²) in [5.74, 6) is -0.678. The summed E-state index contributed by atoms with van der Waals surface area (Å²) < 4.78 is 5.62. The summed E-state index contributed by atoms with van der Waals surface area (Å²) >= 11 is 0. The number of ether oxygens (including phenoxy) is 1. The highest BCUT2D eigenvalue weighted by molar-refractivity contribution is 6.12. The molecule has 0 bridgehead atoms. The Morgan fingerprint density at radius 3 is 1.26 bits per heavy atom. The van der Waals surface area contributed by atoms with Gasteiger partial charge in [0, 0.05) is 11.1 Å². The quantitative estimate of drug-likeness (QED) is 0.227. The van der Waals surface area contributed by atoms with Gasteiger partial charge in [-0.1, -0.05) is 97.1 Å². The first kappa shape index (κ1) is 21.3. The van der Waals surface area contributed by atoms with Gasteiger partial charge in [-0.15, -0.1) is 0 Å². The fourth-order valence-corrected chi connectivity index (χ4v) is 5.37. The van der Waals surface area contributed by atoms with Crippen molar-refractivity contribution in [2.24, 2.45) is 0 Å². The standard InChI is InChI=1S/C32H24O3/c1-2-35-31(33)32(34,29-25-15-7-3-11-21(25)19-22-12-4-8-16-26(22)29)30-27-17-9-5-13-23(27)20-24-14-6-10-18-28(24)30/h3-20,34H,2H2,1H3. The Hall–Kier alpha value is -4.21. The van der Waals surface area contributed by atoms with Crippen molar-refractivity contribution < 1.29 is 14.6 Å². The molecule has 0 saturated carbocycles. The molecule has 6 rings (SSSR count). The summed E-state index contributed by atoms with van der Waals surface area (Å²) in [5.41, 5.74) is -0.950. The van der Waals surface area contributed by atoms with E-state index in [0.717, 1.165) is 43.1 Å². The van der Waals surface area contributed by atoms with E-state index in [1.54, 1.807) is 6.92 Å². The SMILES string of the molecule is CCOC(=O)C(O)(c1c2ccccc2cc2ccccc12)c1c2ccccc2cc2ccccc12. The van der Waals surface area contributed by atoms with Gasteiger partial charge in [0.25, 0.3) is 0 Å². The first-order valence-corrected chi connectivity index (χ1v) is 11.8. The first-order valence-electron chi connectivity index (χ1n) is 11.8. The van der Waals surface area contributed by atoms with E-state index in [9.17, 15) is 9.90 Å². The lowest BCUT2D eigenvalue weighted by Crippen LogP contribution is -2.39. The van der Waals surface area contributed by atoms with Crippen LogP contribution in [0.3, 0.4) is 0 Å². The van der Waals surface area contributed by atoms with Gasteiger partial charge in [0.05, 0.1) is 6.61 Å². The number of carbonyl (C=O) groups is 1. The molecule has 0 spiro atoms. The molecule has 0 radical (unpaired) electrons. The second-order valence-corrected chi connectivity index (χ2v) is 8.82. The molecule has 170 valence electrons. The molecule has 0 atom stereocenters. The van der Waals surface area contributed by atoms with Crippen molar-refractivity contribution in [2.45, 2.75) is 12.5 Å². The van der Waals surface area contributed by atoms with Crippen molar-refractivity contribution in [3.8, 4) is 0 Å². The topological polar surface area (TPSA) is 46.5 Å². The highest BCUT2D eigenvalue weighted by Gasteiger charge is 2.46. The number of aliphatic hydroxyl groups is 1. The maximum absolute atomic E-state index is 14.0. The van der Waals surface area contributed by atoms with Gasteiger partial charge in [-0.05, 0) is 62.1 Å². The van der Waals surface area contributed by atoms with E-state index < -0.39 is 11.6 Å². The molecular weight excluding hydrogens is 432 g/mol. The minimum Gasteiger partial charge on any atom is -0.463 e.